The lowest BCUT2D eigenvalue weighted by Gasteiger charge is -2.15. The van der Waals surface area contributed by atoms with Gasteiger partial charge in [0.15, 0.2) is 0 Å². The molecule has 4 heterocycles. The highest BCUT2D eigenvalue weighted by Gasteiger charge is 2.23. The summed E-state index contributed by atoms with van der Waals surface area (Å²) < 4.78 is 4.68. The van der Waals surface area contributed by atoms with E-state index in [1.807, 2.05) is 18.2 Å². The van der Waals surface area contributed by atoms with E-state index in [1.165, 1.54) is 10.8 Å². The van der Waals surface area contributed by atoms with Crippen LogP contribution in [0.25, 0.3) is 99.6 Å². The maximum atomic E-state index is 5.55. The molecule has 5 heteroatoms. The maximum absolute atomic E-state index is 5.55. The van der Waals surface area contributed by atoms with Gasteiger partial charge in [0.05, 0.1) is 44.5 Å². The number of hydrogen-bond acceptors (Lipinski definition) is 3. The Balaban J connectivity index is 1.33. The number of nitrogens with zero attached hydrogens (tertiary/aromatic N) is 5. The SMILES string of the molecule is c1ccc(-c2cc(-c3c4ccccc4nc4ccccc34)nc(-n3c4ccccc4c4ccc5c6ccccc6n(-c6ccccc6)c5c43)n2)cc1. The summed E-state index contributed by atoms with van der Waals surface area (Å²) in [4.78, 5) is 16.0. The molecule has 0 aliphatic carbocycles. The van der Waals surface area contributed by atoms with Gasteiger partial charge in [0.25, 0.3) is 0 Å². The minimum atomic E-state index is 0.616. The quantitative estimate of drug-likeness (QED) is 0.176. The number of pyridine rings is 1. The molecule has 0 unspecified atom stereocenters. The second-order valence-corrected chi connectivity index (χ2v) is 13.2. The predicted octanol–water partition coefficient (Wildman–Crippen LogP) is 11.7. The molecule has 0 bridgehead atoms. The Morgan fingerprint density at radius 1 is 0.346 bits per heavy atom. The molecule has 7 aromatic carbocycles. The second kappa shape index (κ2) is 11.2. The first kappa shape index (κ1) is 28.7. The van der Waals surface area contributed by atoms with E-state index < -0.39 is 0 Å². The van der Waals surface area contributed by atoms with Gasteiger partial charge in [-0.1, -0.05) is 133 Å². The molecule has 52 heavy (non-hydrogen) atoms. The summed E-state index contributed by atoms with van der Waals surface area (Å²) in [7, 11) is 0. The van der Waals surface area contributed by atoms with Crippen molar-refractivity contribution in [2.24, 2.45) is 0 Å². The Kier molecular flexibility index (Phi) is 6.18. The van der Waals surface area contributed by atoms with Crippen LogP contribution in [0.2, 0.25) is 0 Å². The fourth-order valence-corrected chi connectivity index (χ4v) is 8.09. The summed E-state index contributed by atoms with van der Waals surface area (Å²) in [6.45, 7) is 0. The molecule has 0 aliphatic heterocycles. The molecule has 242 valence electrons. The summed E-state index contributed by atoms with van der Waals surface area (Å²) in [5.74, 6) is 0.616. The van der Waals surface area contributed by atoms with E-state index in [9.17, 15) is 0 Å². The lowest BCUT2D eigenvalue weighted by molar-refractivity contribution is 0.996. The molecular formula is C47H29N5. The summed E-state index contributed by atoms with van der Waals surface area (Å²) in [5, 5.41) is 6.80. The van der Waals surface area contributed by atoms with Gasteiger partial charge >= 0.3 is 0 Å². The van der Waals surface area contributed by atoms with Crippen molar-refractivity contribution in [1.29, 1.82) is 0 Å². The van der Waals surface area contributed by atoms with Gasteiger partial charge in [-0.2, -0.15) is 0 Å². The maximum Gasteiger partial charge on any atom is 0.235 e. The first-order chi connectivity index (χ1) is 25.8. The van der Waals surface area contributed by atoms with Gasteiger partial charge in [-0.3, -0.25) is 4.57 Å². The predicted molar refractivity (Wildman–Crippen MR) is 214 cm³/mol. The van der Waals surface area contributed by atoms with Crippen LogP contribution < -0.4 is 0 Å². The average Bonchev–Trinajstić information content (AvgIpc) is 3.74. The van der Waals surface area contributed by atoms with E-state index in [0.717, 1.165) is 82.8 Å². The van der Waals surface area contributed by atoms with Crippen molar-refractivity contribution >= 4 is 65.4 Å². The highest BCUT2D eigenvalue weighted by atomic mass is 15.2. The standard InChI is InChI=1S/C47H29N5/c1-3-15-30(16-4-1)40-29-41(44-36-21-7-11-23-38(36)48-39-24-12-8-22-37(39)44)50-47(49-40)52-43-26-14-10-20-33(43)35-28-27-34-32-19-9-13-25-42(32)51(45(34)46(35)52)31-17-5-2-6-18-31/h1-29H. The Morgan fingerprint density at radius 2 is 0.827 bits per heavy atom. The molecule has 0 atom stereocenters. The molecule has 0 saturated heterocycles. The van der Waals surface area contributed by atoms with Crippen molar-refractivity contribution in [3.8, 4) is 34.2 Å². The van der Waals surface area contributed by atoms with Crippen LogP contribution in [0.1, 0.15) is 0 Å². The number of benzene rings is 7. The third kappa shape index (κ3) is 4.20. The highest BCUT2D eigenvalue weighted by molar-refractivity contribution is 6.23. The highest BCUT2D eigenvalue weighted by Crippen LogP contribution is 2.42. The zero-order valence-electron chi connectivity index (χ0n) is 28.0. The van der Waals surface area contributed by atoms with E-state index in [1.54, 1.807) is 0 Å². The Labute approximate surface area is 298 Å². The van der Waals surface area contributed by atoms with E-state index in [2.05, 4.69) is 167 Å². The number of hydrogen-bond donors (Lipinski definition) is 0. The van der Waals surface area contributed by atoms with Gasteiger partial charge in [-0.05, 0) is 42.5 Å². The fraction of sp³-hybridized carbons (Fsp3) is 0. The zero-order chi connectivity index (χ0) is 34.2. The summed E-state index contributed by atoms with van der Waals surface area (Å²) in [6, 6.07) is 61.7. The molecule has 0 saturated carbocycles. The molecule has 0 amide bonds. The second-order valence-electron chi connectivity index (χ2n) is 13.2. The normalized spacial score (nSPS) is 11.8. The van der Waals surface area contributed by atoms with Crippen molar-refractivity contribution in [1.82, 2.24) is 24.1 Å². The molecular weight excluding hydrogens is 635 g/mol. The molecule has 0 fully saturated rings. The van der Waals surface area contributed by atoms with Crippen molar-refractivity contribution in [3.05, 3.63) is 176 Å². The monoisotopic (exact) mass is 663 g/mol. The number of fused-ring (bicyclic) bond motifs is 9. The van der Waals surface area contributed by atoms with Crippen LogP contribution >= 0.6 is 0 Å². The van der Waals surface area contributed by atoms with Crippen molar-refractivity contribution < 1.29 is 0 Å². The van der Waals surface area contributed by atoms with Crippen LogP contribution in [0.5, 0.6) is 0 Å². The van der Waals surface area contributed by atoms with Crippen LogP contribution in [0.3, 0.4) is 0 Å². The van der Waals surface area contributed by atoms with Gasteiger partial charge in [-0.25, -0.2) is 15.0 Å². The smallest absolute Gasteiger partial charge is 0.235 e. The van der Waals surface area contributed by atoms with Gasteiger partial charge in [-0.15, -0.1) is 0 Å². The number of para-hydroxylation sites is 5. The Morgan fingerprint density at radius 3 is 1.46 bits per heavy atom. The minimum absolute atomic E-state index is 0.616. The van der Waals surface area contributed by atoms with Gasteiger partial charge in [0.1, 0.15) is 0 Å². The third-order valence-corrected chi connectivity index (χ3v) is 10.3. The van der Waals surface area contributed by atoms with E-state index in [0.29, 0.717) is 5.95 Å². The molecule has 0 N–H and O–H groups in total. The van der Waals surface area contributed by atoms with Crippen LogP contribution in [-0.2, 0) is 0 Å². The molecule has 0 aliphatic rings. The number of rotatable bonds is 4. The summed E-state index contributed by atoms with van der Waals surface area (Å²) in [6.07, 6.45) is 0. The van der Waals surface area contributed by atoms with Crippen molar-refractivity contribution in [2.75, 3.05) is 0 Å². The van der Waals surface area contributed by atoms with E-state index in [-0.39, 0.29) is 0 Å². The molecule has 5 nitrogen and oxygen atoms in total. The topological polar surface area (TPSA) is 48.5 Å². The van der Waals surface area contributed by atoms with Crippen LogP contribution in [-0.4, -0.2) is 24.1 Å². The molecule has 11 rings (SSSR count). The van der Waals surface area contributed by atoms with E-state index in [4.69, 9.17) is 15.0 Å². The fourth-order valence-electron chi connectivity index (χ4n) is 8.09. The summed E-state index contributed by atoms with van der Waals surface area (Å²) in [5.41, 5.74) is 11.1. The van der Waals surface area contributed by atoms with Gasteiger partial charge in [0.2, 0.25) is 5.95 Å². The number of aromatic nitrogens is 5. The lowest BCUT2D eigenvalue weighted by Crippen LogP contribution is -2.05. The lowest BCUT2D eigenvalue weighted by atomic mass is 9.98. The largest absolute Gasteiger partial charge is 0.307 e. The minimum Gasteiger partial charge on any atom is -0.307 e. The molecule has 0 spiro atoms. The average molecular weight is 664 g/mol. The van der Waals surface area contributed by atoms with E-state index >= 15 is 0 Å². The third-order valence-electron chi connectivity index (χ3n) is 10.3. The molecule has 4 aromatic heterocycles. The zero-order valence-corrected chi connectivity index (χ0v) is 28.0. The van der Waals surface area contributed by atoms with Crippen molar-refractivity contribution in [3.63, 3.8) is 0 Å². The molecule has 0 radical (unpaired) electrons. The Bertz CT molecular complexity index is 3120. The van der Waals surface area contributed by atoms with Crippen molar-refractivity contribution in [2.45, 2.75) is 0 Å². The Hall–Kier alpha value is -7.11. The molecule has 11 aromatic rings. The van der Waals surface area contributed by atoms with Crippen LogP contribution in [0.15, 0.2) is 176 Å². The van der Waals surface area contributed by atoms with Gasteiger partial charge in [0, 0.05) is 49.1 Å². The first-order valence-electron chi connectivity index (χ1n) is 17.6. The first-order valence-corrected chi connectivity index (χ1v) is 17.6. The summed E-state index contributed by atoms with van der Waals surface area (Å²) >= 11 is 0. The van der Waals surface area contributed by atoms with Gasteiger partial charge < -0.3 is 4.57 Å². The van der Waals surface area contributed by atoms with Crippen LogP contribution in [0, 0.1) is 0 Å². The van der Waals surface area contributed by atoms with Crippen LogP contribution in [0.4, 0.5) is 0 Å².